The number of urea groups is 1. The van der Waals surface area contributed by atoms with Crippen LogP contribution in [0.25, 0.3) is 0 Å². The van der Waals surface area contributed by atoms with Gasteiger partial charge in [-0.1, -0.05) is 6.08 Å². The summed E-state index contributed by atoms with van der Waals surface area (Å²) in [4.78, 5) is 46.1. The van der Waals surface area contributed by atoms with Gasteiger partial charge in [-0.2, -0.15) is 0 Å². The van der Waals surface area contributed by atoms with E-state index in [4.69, 9.17) is 5.11 Å². The van der Waals surface area contributed by atoms with Crippen LogP contribution in [0.2, 0.25) is 0 Å². The molecule has 0 saturated carbocycles. The first kappa shape index (κ1) is 18.4. The van der Waals surface area contributed by atoms with Crippen LogP contribution in [0.4, 0.5) is 4.79 Å². The lowest BCUT2D eigenvalue weighted by atomic mass is 10.2. The van der Waals surface area contributed by atoms with Crippen molar-refractivity contribution in [2.75, 3.05) is 27.3 Å². The lowest BCUT2D eigenvalue weighted by Gasteiger charge is -2.22. The monoisotopic (exact) mass is 302 g/mol. The normalized spacial score (nSPS) is 11.0. The number of carbonyl (C=O) groups excluding carboxylic acids is 3. The van der Waals surface area contributed by atoms with E-state index < -0.39 is 43.1 Å². The Morgan fingerprint density at radius 1 is 1.19 bits per heavy atom. The molecule has 0 aromatic carbocycles. The van der Waals surface area contributed by atoms with Crippen molar-refractivity contribution >= 4 is 23.9 Å². The molecule has 0 bridgehead atoms. The highest BCUT2D eigenvalue weighted by Gasteiger charge is 2.25. The maximum absolute atomic E-state index is 11.9. The maximum atomic E-state index is 11.9. The number of methoxy groups -OCH3 is 2. The standard InChI is InChI=1S/C12H18N2O7/c1-4-5-8(11(17)18)13-12(19)14(6-9(15)20-2)7-10(16)21-3/h4,8H,1,5-7H2,2-3H3,(H,13,19)(H,17,18). The fourth-order valence-electron chi connectivity index (χ4n) is 1.27. The minimum Gasteiger partial charge on any atom is -0.480 e. The fourth-order valence-corrected chi connectivity index (χ4v) is 1.27. The van der Waals surface area contributed by atoms with E-state index in [2.05, 4.69) is 21.4 Å². The Morgan fingerprint density at radius 2 is 1.67 bits per heavy atom. The Balaban J connectivity index is 4.90. The molecule has 0 aliphatic rings. The summed E-state index contributed by atoms with van der Waals surface area (Å²) < 4.78 is 8.80. The molecular formula is C12H18N2O7. The van der Waals surface area contributed by atoms with Crippen molar-refractivity contribution in [3.05, 3.63) is 12.7 Å². The number of ether oxygens (including phenoxy) is 2. The largest absolute Gasteiger partial charge is 0.480 e. The van der Waals surface area contributed by atoms with E-state index >= 15 is 0 Å². The van der Waals surface area contributed by atoms with Gasteiger partial charge in [-0.05, 0) is 6.42 Å². The third-order valence-corrected chi connectivity index (χ3v) is 2.38. The molecule has 0 radical (unpaired) electrons. The van der Waals surface area contributed by atoms with Crippen LogP contribution in [0, 0.1) is 0 Å². The second kappa shape index (κ2) is 9.34. The smallest absolute Gasteiger partial charge is 0.326 e. The molecule has 1 atom stereocenters. The molecule has 0 aliphatic heterocycles. The van der Waals surface area contributed by atoms with Crippen molar-refractivity contribution in [1.29, 1.82) is 0 Å². The first-order valence-corrected chi connectivity index (χ1v) is 5.88. The number of carboxylic acid groups (broad SMARTS) is 1. The second-order valence-corrected chi connectivity index (χ2v) is 3.87. The zero-order chi connectivity index (χ0) is 16.4. The second-order valence-electron chi connectivity index (χ2n) is 3.87. The van der Waals surface area contributed by atoms with Crippen molar-refractivity contribution in [2.45, 2.75) is 12.5 Å². The summed E-state index contributed by atoms with van der Waals surface area (Å²) >= 11 is 0. The molecule has 0 spiro atoms. The number of hydrogen-bond acceptors (Lipinski definition) is 6. The Labute approximate surface area is 121 Å². The van der Waals surface area contributed by atoms with Crippen molar-refractivity contribution in [3.63, 3.8) is 0 Å². The molecular weight excluding hydrogens is 284 g/mol. The van der Waals surface area contributed by atoms with Crippen LogP contribution in [-0.4, -0.2) is 67.3 Å². The minimum absolute atomic E-state index is 0.00857. The van der Waals surface area contributed by atoms with Crippen LogP contribution in [0.15, 0.2) is 12.7 Å². The number of amides is 2. The first-order valence-electron chi connectivity index (χ1n) is 5.88. The number of hydrogen-bond donors (Lipinski definition) is 2. The van der Waals surface area contributed by atoms with Gasteiger partial charge < -0.3 is 24.8 Å². The number of esters is 2. The highest BCUT2D eigenvalue weighted by atomic mass is 16.5. The Hall–Kier alpha value is -2.58. The first-order chi connectivity index (χ1) is 9.85. The third-order valence-electron chi connectivity index (χ3n) is 2.38. The van der Waals surface area contributed by atoms with Crippen LogP contribution < -0.4 is 5.32 Å². The average Bonchev–Trinajstić information content (AvgIpc) is 2.45. The summed E-state index contributed by atoms with van der Waals surface area (Å²) in [6.07, 6.45) is 1.31. The Bertz CT molecular complexity index is 404. The van der Waals surface area contributed by atoms with Crippen molar-refractivity contribution in [1.82, 2.24) is 10.2 Å². The molecule has 0 aliphatic carbocycles. The number of nitrogens with zero attached hydrogens (tertiary/aromatic N) is 1. The van der Waals surface area contributed by atoms with Gasteiger partial charge in [0.1, 0.15) is 19.1 Å². The maximum Gasteiger partial charge on any atom is 0.326 e. The Morgan fingerprint density at radius 3 is 2.00 bits per heavy atom. The van der Waals surface area contributed by atoms with E-state index in [1.165, 1.54) is 6.08 Å². The van der Waals surface area contributed by atoms with Gasteiger partial charge in [-0.25, -0.2) is 9.59 Å². The molecule has 9 heteroatoms. The quantitative estimate of drug-likeness (QED) is 0.452. The van der Waals surface area contributed by atoms with E-state index in [9.17, 15) is 19.2 Å². The van der Waals surface area contributed by atoms with E-state index in [0.29, 0.717) is 0 Å². The lowest BCUT2D eigenvalue weighted by Crippen LogP contribution is -2.50. The molecule has 1 unspecified atom stereocenters. The average molecular weight is 302 g/mol. The van der Waals surface area contributed by atoms with Crippen LogP contribution in [-0.2, 0) is 23.9 Å². The van der Waals surface area contributed by atoms with Crippen molar-refractivity contribution in [2.24, 2.45) is 0 Å². The van der Waals surface area contributed by atoms with E-state index in [1.54, 1.807) is 0 Å². The van der Waals surface area contributed by atoms with Gasteiger partial charge in [0, 0.05) is 0 Å². The molecule has 2 amide bonds. The zero-order valence-electron chi connectivity index (χ0n) is 11.8. The van der Waals surface area contributed by atoms with Gasteiger partial charge in [0.05, 0.1) is 14.2 Å². The van der Waals surface area contributed by atoms with Crippen molar-refractivity contribution in [3.8, 4) is 0 Å². The van der Waals surface area contributed by atoms with E-state index in [-0.39, 0.29) is 6.42 Å². The molecule has 0 aromatic heterocycles. The number of carbonyl (C=O) groups is 4. The molecule has 21 heavy (non-hydrogen) atoms. The summed E-state index contributed by atoms with van der Waals surface area (Å²) in [5, 5.41) is 11.1. The summed E-state index contributed by atoms with van der Waals surface area (Å²) in [6, 6.07) is -2.12. The topological polar surface area (TPSA) is 122 Å². The van der Waals surface area contributed by atoms with Gasteiger partial charge in [0.15, 0.2) is 0 Å². The van der Waals surface area contributed by atoms with Crippen molar-refractivity contribution < 1.29 is 33.8 Å². The molecule has 0 saturated heterocycles. The summed E-state index contributed by atoms with van der Waals surface area (Å²) in [5.41, 5.74) is 0. The van der Waals surface area contributed by atoms with Crippen LogP contribution in [0.3, 0.4) is 0 Å². The molecule has 2 N–H and O–H groups in total. The molecule has 0 rings (SSSR count). The predicted octanol–water partition coefficient (Wildman–Crippen LogP) is -0.627. The highest BCUT2D eigenvalue weighted by Crippen LogP contribution is 1.98. The van der Waals surface area contributed by atoms with E-state index in [0.717, 1.165) is 19.1 Å². The van der Waals surface area contributed by atoms with Gasteiger partial charge in [0.2, 0.25) is 0 Å². The zero-order valence-corrected chi connectivity index (χ0v) is 11.8. The molecule has 118 valence electrons. The van der Waals surface area contributed by atoms with Gasteiger partial charge in [0.25, 0.3) is 0 Å². The summed E-state index contributed by atoms with van der Waals surface area (Å²) in [5.74, 6) is -2.78. The van der Waals surface area contributed by atoms with Crippen LogP contribution in [0.5, 0.6) is 0 Å². The lowest BCUT2D eigenvalue weighted by molar-refractivity contribution is -0.144. The molecule has 0 fully saturated rings. The molecule has 0 heterocycles. The SMILES string of the molecule is C=CCC(NC(=O)N(CC(=O)OC)CC(=O)OC)C(=O)O. The minimum atomic E-state index is -1.26. The summed E-state index contributed by atoms with van der Waals surface area (Å²) in [7, 11) is 2.24. The fraction of sp³-hybridized carbons (Fsp3) is 0.500. The van der Waals surface area contributed by atoms with E-state index in [1.807, 2.05) is 0 Å². The van der Waals surface area contributed by atoms with Gasteiger partial charge >= 0.3 is 23.9 Å². The number of aliphatic carboxylic acids is 1. The van der Waals surface area contributed by atoms with Crippen LogP contribution >= 0.6 is 0 Å². The number of nitrogens with one attached hydrogen (secondary N) is 1. The highest BCUT2D eigenvalue weighted by molar-refractivity contribution is 5.87. The number of rotatable bonds is 8. The third kappa shape index (κ3) is 6.95. The molecule has 9 nitrogen and oxygen atoms in total. The Kier molecular flexibility index (Phi) is 8.20. The summed E-state index contributed by atoms with van der Waals surface area (Å²) in [6.45, 7) is 2.35. The van der Waals surface area contributed by atoms with Gasteiger partial charge in [-0.15, -0.1) is 6.58 Å². The molecule has 0 aromatic rings. The number of carboxylic acids is 1. The van der Waals surface area contributed by atoms with Crippen LogP contribution in [0.1, 0.15) is 6.42 Å². The predicted molar refractivity (Wildman–Crippen MR) is 70.4 cm³/mol. The van der Waals surface area contributed by atoms with Gasteiger partial charge in [-0.3, -0.25) is 9.59 Å².